The van der Waals surface area contributed by atoms with Crippen molar-refractivity contribution in [3.8, 4) is 22.4 Å². The average molecular weight is 336 g/mol. The number of nitrogens with one attached hydrogen (secondary N) is 1. The largest absolute Gasteiger partial charge is 0.326 e. The Morgan fingerprint density at radius 2 is 1.83 bits per heavy atom. The van der Waals surface area contributed by atoms with Gasteiger partial charge in [-0.05, 0) is 48.7 Å². The maximum Gasteiger partial charge on any atom is 0.256 e. The van der Waals surface area contributed by atoms with Gasteiger partial charge in [-0.1, -0.05) is 12.1 Å². The van der Waals surface area contributed by atoms with E-state index in [1.807, 2.05) is 17.5 Å². The lowest BCUT2D eigenvalue weighted by Gasteiger charge is -2.08. The van der Waals surface area contributed by atoms with E-state index >= 15 is 4.39 Å². The molecule has 0 bridgehead atoms. The molecule has 0 spiro atoms. The number of halogens is 1. The van der Waals surface area contributed by atoms with Crippen LogP contribution >= 0.6 is 11.3 Å². The number of aryl methyl sites for hydroxylation is 1. The van der Waals surface area contributed by atoms with Gasteiger partial charge in [-0.2, -0.15) is 0 Å². The first kappa shape index (κ1) is 14.8. The number of aromatic amines is 1. The fourth-order valence-electron chi connectivity index (χ4n) is 2.72. The number of hydrogen-bond donors (Lipinski definition) is 1. The molecule has 0 saturated heterocycles. The van der Waals surface area contributed by atoms with Gasteiger partial charge < -0.3 is 4.98 Å². The molecule has 0 saturated carbocycles. The van der Waals surface area contributed by atoms with Gasteiger partial charge in [-0.3, -0.25) is 4.79 Å². The molecule has 4 rings (SSSR count). The molecular weight excluding hydrogens is 323 g/mol. The Labute approximate surface area is 141 Å². The molecule has 0 aliphatic heterocycles. The zero-order valence-electron chi connectivity index (χ0n) is 12.8. The third kappa shape index (κ3) is 2.43. The highest BCUT2D eigenvalue weighted by Crippen LogP contribution is 2.30. The van der Waals surface area contributed by atoms with Gasteiger partial charge in [-0.15, -0.1) is 11.3 Å². The highest BCUT2D eigenvalue weighted by Gasteiger charge is 2.15. The molecule has 3 aromatic heterocycles. The molecule has 118 valence electrons. The minimum absolute atomic E-state index is 0.279. The monoisotopic (exact) mass is 336 g/mol. The van der Waals surface area contributed by atoms with Gasteiger partial charge in [0, 0.05) is 22.4 Å². The van der Waals surface area contributed by atoms with Crippen molar-refractivity contribution >= 4 is 21.6 Å². The Kier molecular flexibility index (Phi) is 3.50. The van der Waals surface area contributed by atoms with Crippen LogP contribution in [-0.4, -0.2) is 9.97 Å². The smallest absolute Gasteiger partial charge is 0.256 e. The first-order chi connectivity index (χ1) is 11.6. The number of H-pyrrole nitrogens is 1. The number of aromatic nitrogens is 2. The molecule has 4 aromatic rings. The van der Waals surface area contributed by atoms with Gasteiger partial charge in [0.25, 0.3) is 5.56 Å². The summed E-state index contributed by atoms with van der Waals surface area (Å²) in [6.45, 7) is 1.79. The van der Waals surface area contributed by atoms with Crippen molar-refractivity contribution in [3.63, 3.8) is 0 Å². The van der Waals surface area contributed by atoms with Crippen LogP contribution in [-0.2, 0) is 0 Å². The van der Waals surface area contributed by atoms with Crippen molar-refractivity contribution in [3.05, 3.63) is 75.8 Å². The van der Waals surface area contributed by atoms with Gasteiger partial charge in [0.1, 0.15) is 5.82 Å². The van der Waals surface area contributed by atoms with Crippen LogP contribution in [0.5, 0.6) is 0 Å². The molecular formula is C19H13FN2OS. The summed E-state index contributed by atoms with van der Waals surface area (Å²) in [5, 5.41) is 1.96. The molecule has 5 heteroatoms. The Balaban J connectivity index is 1.90. The van der Waals surface area contributed by atoms with E-state index in [9.17, 15) is 4.79 Å². The summed E-state index contributed by atoms with van der Waals surface area (Å²) >= 11 is 1.60. The summed E-state index contributed by atoms with van der Waals surface area (Å²) in [5.41, 5.74) is 2.83. The molecule has 0 unspecified atom stereocenters. The Hall–Kier alpha value is -2.79. The maximum absolute atomic E-state index is 15.1. The predicted molar refractivity (Wildman–Crippen MR) is 95.8 cm³/mol. The SMILES string of the molecule is Cc1ccc(-c2cccc(-c3ccc4sccc4n3)c2F)c(=O)[nH]1. The summed E-state index contributed by atoms with van der Waals surface area (Å²) in [6.07, 6.45) is 0. The third-order valence-corrected chi connectivity index (χ3v) is 4.80. The Bertz CT molecular complexity index is 1110. The summed E-state index contributed by atoms with van der Waals surface area (Å²) in [4.78, 5) is 19.4. The summed E-state index contributed by atoms with van der Waals surface area (Å²) < 4.78 is 16.1. The normalized spacial score (nSPS) is 11.1. The van der Waals surface area contributed by atoms with Crippen molar-refractivity contribution in [1.82, 2.24) is 9.97 Å². The minimum Gasteiger partial charge on any atom is -0.326 e. The topological polar surface area (TPSA) is 45.8 Å². The van der Waals surface area contributed by atoms with Crippen LogP contribution in [0.4, 0.5) is 4.39 Å². The fraction of sp³-hybridized carbons (Fsp3) is 0.0526. The summed E-state index contributed by atoms with van der Waals surface area (Å²) in [7, 11) is 0. The minimum atomic E-state index is -0.436. The number of thiophene rings is 1. The second-order valence-electron chi connectivity index (χ2n) is 5.55. The predicted octanol–water partition coefficient (Wildman–Crippen LogP) is 4.77. The van der Waals surface area contributed by atoms with Crippen LogP contribution in [0.25, 0.3) is 32.6 Å². The first-order valence-corrected chi connectivity index (χ1v) is 8.35. The second-order valence-corrected chi connectivity index (χ2v) is 6.50. The molecule has 0 aliphatic rings. The van der Waals surface area contributed by atoms with E-state index < -0.39 is 5.82 Å². The van der Waals surface area contributed by atoms with Crippen LogP contribution in [0.15, 0.2) is 58.7 Å². The highest BCUT2D eigenvalue weighted by molar-refractivity contribution is 7.17. The van der Waals surface area contributed by atoms with Gasteiger partial charge >= 0.3 is 0 Å². The van der Waals surface area contributed by atoms with Crippen molar-refractivity contribution in [2.45, 2.75) is 6.92 Å². The molecule has 0 atom stereocenters. The lowest BCUT2D eigenvalue weighted by atomic mass is 10.0. The Morgan fingerprint density at radius 3 is 2.67 bits per heavy atom. The van der Waals surface area contributed by atoms with Crippen molar-refractivity contribution < 1.29 is 4.39 Å². The third-order valence-electron chi connectivity index (χ3n) is 3.93. The van der Waals surface area contributed by atoms with Crippen molar-refractivity contribution in [2.75, 3.05) is 0 Å². The lowest BCUT2D eigenvalue weighted by molar-refractivity contribution is 0.634. The van der Waals surface area contributed by atoms with Gasteiger partial charge in [0.2, 0.25) is 0 Å². The van der Waals surface area contributed by atoms with Crippen molar-refractivity contribution in [1.29, 1.82) is 0 Å². The second kappa shape index (κ2) is 5.69. The average Bonchev–Trinajstić information content (AvgIpc) is 3.03. The molecule has 3 nitrogen and oxygen atoms in total. The van der Waals surface area contributed by atoms with E-state index in [0.717, 1.165) is 15.9 Å². The van der Waals surface area contributed by atoms with E-state index in [2.05, 4.69) is 9.97 Å². The maximum atomic E-state index is 15.1. The van der Waals surface area contributed by atoms with Gasteiger partial charge in [0.15, 0.2) is 0 Å². The van der Waals surface area contributed by atoms with Crippen LogP contribution < -0.4 is 5.56 Å². The molecule has 0 radical (unpaired) electrons. The van der Waals surface area contributed by atoms with Crippen molar-refractivity contribution in [2.24, 2.45) is 0 Å². The lowest BCUT2D eigenvalue weighted by Crippen LogP contribution is -2.10. The van der Waals surface area contributed by atoms with E-state index in [1.165, 1.54) is 0 Å². The number of fused-ring (bicyclic) bond motifs is 1. The summed E-state index contributed by atoms with van der Waals surface area (Å²) in [6, 6.07) is 14.1. The molecule has 24 heavy (non-hydrogen) atoms. The standard InChI is InChI=1S/C19H13FN2OS/c1-11-5-6-13(19(23)21-11)12-3-2-4-14(18(12)20)15-7-8-17-16(22-15)9-10-24-17/h2-10H,1H3,(H,21,23). The van der Waals surface area contributed by atoms with Gasteiger partial charge in [0.05, 0.1) is 15.9 Å². The first-order valence-electron chi connectivity index (χ1n) is 7.47. The number of nitrogens with zero attached hydrogens (tertiary/aromatic N) is 1. The number of pyridine rings is 2. The Morgan fingerprint density at radius 1 is 1.00 bits per heavy atom. The number of rotatable bonds is 2. The number of benzene rings is 1. The molecule has 3 heterocycles. The molecule has 0 aliphatic carbocycles. The zero-order chi connectivity index (χ0) is 16.7. The molecule has 0 fully saturated rings. The molecule has 0 amide bonds. The van der Waals surface area contributed by atoms with E-state index in [0.29, 0.717) is 16.8 Å². The number of hydrogen-bond acceptors (Lipinski definition) is 3. The van der Waals surface area contributed by atoms with Crippen LogP contribution in [0, 0.1) is 12.7 Å². The van der Waals surface area contributed by atoms with Crippen LogP contribution in [0.2, 0.25) is 0 Å². The van der Waals surface area contributed by atoms with E-state index in [-0.39, 0.29) is 11.1 Å². The van der Waals surface area contributed by atoms with E-state index in [1.54, 1.807) is 54.7 Å². The molecule has 1 N–H and O–H groups in total. The fourth-order valence-corrected chi connectivity index (χ4v) is 3.45. The summed E-state index contributed by atoms with van der Waals surface area (Å²) in [5.74, 6) is -0.436. The van der Waals surface area contributed by atoms with E-state index in [4.69, 9.17) is 0 Å². The molecule has 1 aromatic carbocycles. The van der Waals surface area contributed by atoms with Gasteiger partial charge in [-0.25, -0.2) is 9.37 Å². The quantitative estimate of drug-likeness (QED) is 0.573. The van der Waals surface area contributed by atoms with Crippen LogP contribution in [0.3, 0.4) is 0 Å². The van der Waals surface area contributed by atoms with Crippen LogP contribution in [0.1, 0.15) is 5.69 Å². The zero-order valence-corrected chi connectivity index (χ0v) is 13.7. The highest BCUT2D eigenvalue weighted by atomic mass is 32.1.